The summed E-state index contributed by atoms with van der Waals surface area (Å²) in [6, 6.07) is 3.12. The Labute approximate surface area is 95.9 Å². The lowest BCUT2D eigenvalue weighted by Crippen LogP contribution is -2.33. The molecule has 2 heterocycles. The third-order valence-electron chi connectivity index (χ3n) is 3.85. The van der Waals surface area contributed by atoms with E-state index in [-0.39, 0.29) is 0 Å². The van der Waals surface area contributed by atoms with Crippen LogP contribution < -0.4 is 0 Å². The van der Waals surface area contributed by atoms with Crippen LogP contribution in [-0.4, -0.2) is 38.4 Å². The summed E-state index contributed by atoms with van der Waals surface area (Å²) in [5.41, 5.74) is 0.0912. The second kappa shape index (κ2) is 3.31. The Morgan fingerprint density at radius 3 is 2.81 bits per heavy atom. The highest BCUT2D eigenvalue weighted by molar-refractivity contribution is 5.16. The Morgan fingerprint density at radius 2 is 2.25 bits per heavy atom. The number of hydrogen-bond donors (Lipinski definition) is 1. The fourth-order valence-corrected chi connectivity index (χ4v) is 2.87. The third kappa shape index (κ3) is 1.57. The quantitative estimate of drug-likeness (QED) is 0.805. The van der Waals surface area contributed by atoms with Crippen LogP contribution in [0.1, 0.15) is 31.9 Å². The Kier molecular flexibility index (Phi) is 2.13. The van der Waals surface area contributed by atoms with Gasteiger partial charge in [0.1, 0.15) is 5.60 Å². The predicted molar refractivity (Wildman–Crippen MR) is 60.9 cm³/mol. The minimum absolute atomic E-state index is 0.472. The first-order chi connectivity index (χ1) is 7.58. The van der Waals surface area contributed by atoms with Crippen molar-refractivity contribution in [2.45, 2.75) is 43.9 Å². The van der Waals surface area contributed by atoms with Crippen molar-refractivity contribution >= 4 is 0 Å². The molecule has 4 nitrogen and oxygen atoms in total. The molecule has 2 unspecified atom stereocenters. The lowest BCUT2D eigenvalue weighted by atomic mass is 9.97. The second-order valence-corrected chi connectivity index (χ2v) is 5.36. The molecule has 1 saturated heterocycles. The van der Waals surface area contributed by atoms with E-state index < -0.39 is 5.60 Å². The first kappa shape index (κ1) is 10.3. The molecule has 88 valence electrons. The molecule has 0 bridgehead atoms. The van der Waals surface area contributed by atoms with Crippen molar-refractivity contribution in [3.05, 3.63) is 18.0 Å². The summed E-state index contributed by atoms with van der Waals surface area (Å²) in [6.45, 7) is 2.95. The highest BCUT2D eigenvalue weighted by atomic mass is 16.3. The number of rotatable bonds is 2. The number of aromatic nitrogens is 2. The minimum atomic E-state index is -0.733. The van der Waals surface area contributed by atoms with Gasteiger partial charge in [-0.2, -0.15) is 5.10 Å². The van der Waals surface area contributed by atoms with Gasteiger partial charge in [-0.1, -0.05) is 0 Å². The number of hydrogen-bond acceptors (Lipinski definition) is 3. The molecule has 16 heavy (non-hydrogen) atoms. The summed E-state index contributed by atoms with van der Waals surface area (Å²) >= 11 is 0. The Morgan fingerprint density at radius 1 is 1.50 bits per heavy atom. The van der Waals surface area contributed by atoms with Crippen molar-refractivity contribution in [2.24, 2.45) is 7.05 Å². The number of β-amino-alcohol motifs (C(OH)–C–C–N with tert-alkyl or cyclic N) is 1. The van der Waals surface area contributed by atoms with Crippen LogP contribution in [0, 0.1) is 0 Å². The monoisotopic (exact) mass is 221 g/mol. The molecule has 1 aliphatic carbocycles. The van der Waals surface area contributed by atoms with E-state index in [9.17, 15) is 5.11 Å². The van der Waals surface area contributed by atoms with Gasteiger partial charge in [0.2, 0.25) is 0 Å². The maximum absolute atomic E-state index is 10.7. The van der Waals surface area contributed by atoms with Gasteiger partial charge in [-0.15, -0.1) is 0 Å². The first-order valence-electron chi connectivity index (χ1n) is 6.07. The Hall–Kier alpha value is -0.870. The summed E-state index contributed by atoms with van der Waals surface area (Å²) in [6.07, 6.45) is 5.30. The second-order valence-electron chi connectivity index (χ2n) is 5.36. The molecule has 2 atom stereocenters. The molecule has 0 aromatic carbocycles. The van der Waals surface area contributed by atoms with Crippen molar-refractivity contribution in [3.8, 4) is 0 Å². The molecular formula is C12H19N3O. The average molecular weight is 221 g/mol. The number of likely N-dealkylation sites (tertiary alicyclic amines) is 1. The van der Waals surface area contributed by atoms with Crippen molar-refractivity contribution in [1.29, 1.82) is 0 Å². The van der Waals surface area contributed by atoms with Crippen LogP contribution in [0.25, 0.3) is 0 Å². The van der Waals surface area contributed by atoms with E-state index in [2.05, 4.69) is 16.9 Å². The largest absolute Gasteiger partial charge is 0.382 e. The van der Waals surface area contributed by atoms with E-state index in [1.807, 2.05) is 19.3 Å². The summed E-state index contributed by atoms with van der Waals surface area (Å²) in [4.78, 5) is 2.44. The fraction of sp³-hybridized carbons (Fsp3) is 0.750. The zero-order valence-electron chi connectivity index (χ0n) is 9.93. The molecule has 0 spiro atoms. The van der Waals surface area contributed by atoms with Gasteiger partial charge in [0, 0.05) is 31.9 Å². The normalized spacial score (nSPS) is 35.8. The molecule has 4 heteroatoms. The summed E-state index contributed by atoms with van der Waals surface area (Å²) in [5, 5.41) is 15.0. The fourth-order valence-electron chi connectivity index (χ4n) is 2.87. The summed E-state index contributed by atoms with van der Waals surface area (Å²) < 4.78 is 1.76. The van der Waals surface area contributed by atoms with Crippen LogP contribution in [0.2, 0.25) is 0 Å². The maximum atomic E-state index is 10.7. The van der Waals surface area contributed by atoms with Crippen molar-refractivity contribution in [2.75, 3.05) is 6.54 Å². The molecule has 0 amide bonds. The smallest absolute Gasteiger partial charge is 0.122 e. The van der Waals surface area contributed by atoms with E-state index in [0.717, 1.165) is 18.7 Å². The predicted octanol–water partition coefficient (Wildman–Crippen LogP) is 0.864. The van der Waals surface area contributed by atoms with Crippen molar-refractivity contribution in [1.82, 2.24) is 14.7 Å². The standard InChI is InChI=1S/C12H19N3O/c1-9-7-12(16,8-15(9)10-3-4-10)11-5-6-14(2)13-11/h5-6,9-10,16H,3-4,7-8H2,1-2H3. The van der Waals surface area contributed by atoms with Crippen molar-refractivity contribution in [3.63, 3.8) is 0 Å². The summed E-state index contributed by atoms with van der Waals surface area (Å²) in [5.74, 6) is 0. The molecule has 1 aromatic heterocycles. The molecule has 0 radical (unpaired) electrons. The average Bonchev–Trinajstić information content (AvgIpc) is 2.89. The van der Waals surface area contributed by atoms with Crippen LogP contribution in [0.5, 0.6) is 0 Å². The maximum Gasteiger partial charge on any atom is 0.122 e. The highest BCUT2D eigenvalue weighted by Gasteiger charge is 2.47. The lowest BCUT2D eigenvalue weighted by Gasteiger charge is -2.22. The van der Waals surface area contributed by atoms with Crippen LogP contribution in [0.3, 0.4) is 0 Å². The van der Waals surface area contributed by atoms with E-state index in [1.54, 1.807) is 4.68 Å². The van der Waals surface area contributed by atoms with Crippen LogP contribution in [0.4, 0.5) is 0 Å². The third-order valence-corrected chi connectivity index (χ3v) is 3.85. The first-order valence-corrected chi connectivity index (χ1v) is 6.07. The molecular weight excluding hydrogens is 202 g/mol. The van der Waals surface area contributed by atoms with Gasteiger partial charge >= 0.3 is 0 Å². The SMILES string of the molecule is CC1CC(O)(c2ccn(C)n2)CN1C1CC1. The molecule has 1 N–H and O–H groups in total. The zero-order chi connectivity index (χ0) is 11.3. The van der Waals surface area contributed by atoms with Crippen molar-refractivity contribution < 1.29 is 5.11 Å². The van der Waals surface area contributed by atoms with Gasteiger partial charge in [0.15, 0.2) is 0 Å². The van der Waals surface area contributed by atoms with Crippen LogP contribution >= 0.6 is 0 Å². The van der Waals surface area contributed by atoms with Gasteiger partial charge in [0.25, 0.3) is 0 Å². The van der Waals surface area contributed by atoms with Gasteiger partial charge in [-0.05, 0) is 32.3 Å². The zero-order valence-corrected chi connectivity index (χ0v) is 9.93. The Balaban J connectivity index is 1.84. The van der Waals surface area contributed by atoms with E-state index in [0.29, 0.717) is 12.1 Å². The van der Waals surface area contributed by atoms with Gasteiger partial charge < -0.3 is 5.11 Å². The number of aliphatic hydroxyl groups is 1. The van der Waals surface area contributed by atoms with Gasteiger partial charge in [-0.25, -0.2) is 0 Å². The molecule has 3 rings (SSSR count). The molecule has 1 saturated carbocycles. The molecule has 1 aliphatic heterocycles. The lowest BCUT2D eigenvalue weighted by molar-refractivity contribution is 0.0403. The number of nitrogens with zero attached hydrogens (tertiary/aromatic N) is 3. The van der Waals surface area contributed by atoms with E-state index in [1.165, 1.54) is 12.8 Å². The van der Waals surface area contributed by atoms with Gasteiger partial charge in [-0.3, -0.25) is 9.58 Å². The molecule has 2 fully saturated rings. The molecule has 1 aromatic rings. The topological polar surface area (TPSA) is 41.3 Å². The minimum Gasteiger partial charge on any atom is -0.382 e. The summed E-state index contributed by atoms with van der Waals surface area (Å²) in [7, 11) is 1.89. The van der Waals surface area contributed by atoms with Crippen LogP contribution in [-0.2, 0) is 12.6 Å². The van der Waals surface area contributed by atoms with E-state index in [4.69, 9.17) is 0 Å². The number of aryl methyl sites for hydroxylation is 1. The highest BCUT2D eigenvalue weighted by Crippen LogP contribution is 2.41. The Bertz CT molecular complexity index is 399. The van der Waals surface area contributed by atoms with Gasteiger partial charge in [0.05, 0.1) is 5.69 Å². The molecule has 2 aliphatic rings. The van der Waals surface area contributed by atoms with Crippen LogP contribution in [0.15, 0.2) is 12.3 Å². The van der Waals surface area contributed by atoms with E-state index >= 15 is 0 Å².